The lowest BCUT2D eigenvalue weighted by atomic mass is 9.55. The highest BCUT2D eigenvalue weighted by Gasteiger charge is 2.60. The predicted octanol–water partition coefficient (Wildman–Crippen LogP) is 9.21. The summed E-state index contributed by atoms with van der Waals surface area (Å²) in [4.78, 5) is 13.2. The SMILES string of the molecule is CC[C@H]1CC2C3CCC([C@H](C)CCCNC(C)ONSc4ccc5ccccc5c4)C3(C)CCN2C2(C)CCCCC12. The molecule has 0 spiro atoms. The molecule has 2 N–H and O–H groups in total. The Bertz CT molecular complexity index is 1190. The lowest BCUT2D eigenvalue weighted by molar-refractivity contribution is -0.150. The van der Waals surface area contributed by atoms with Crippen LogP contribution < -0.4 is 10.2 Å². The molecule has 42 heavy (non-hydrogen) atoms. The minimum atomic E-state index is -0.0197. The molecule has 6 rings (SSSR count). The number of piperidine rings is 2. The molecule has 5 heteroatoms. The number of fused-ring (bicyclic) bond motifs is 6. The van der Waals surface area contributed by atoms with Gasteiger partial charge in [-0.2, -0.15) is 0 Å². The van der Waals surface area contributed by atoms with Gasteiger partial charge in [-0.15, -0.1) is 4.89 Å². The van der Waals surface area contributed by atoms with E-state index in [1.807, 2.05) is 0 Å². The van der Waals surface area contributed by atoms with Gasteiger partial charge in [-0.05, 0) is 148 Å². The van der Waals surface area contributed by atoms with Gasteiger partial charge >= 0.3 is 0 Å². The highest BCUT2D eigenvalue weighted by molar-refractivity contribution is 7.97. The highest BCUT2D eigenvalue weighted by Crippen LogP contribution is 2.62. The molecule has 2 aliphatic carbocycles. The average Bonchev–Trinajstić information content (AvgIpc) is 3.36. The van der Waals surface area contributed by atoms with Gasteiger partial charge in [-0.3, -0.25) is 15.1 Å². The van der Waals surface area contributed by atoms with Crippen molar-refractivity contribution < 1.29 is 4.84 Å². The summed E-state index contributed by atoms with van der Waals surface area (Å²) in [5.41, 5.74) is 1.00. The minimum Gasteiger partial charge on any atom is -0.294 e. The first-order valence-corrected chi connectivity index (χ1v) is 18.2. The van der Waals surface area contributed by atoms with Gasteiger partial charge in [0, 0.05) is 16.5 Å². The first kappa shape index (κ1) is 30.9. The van der Waals surface area contributed by atoms with Crippen molar-refractivity contribution in [1.29, 1.82) is 0 Å². The summed E-state index contributed by atoms with van der Waals surface area (Å²) in [6, 6.07) is 15.8. The Morgan fingerprint density at radius 1 is 1.00 bits per heavy atom. The molecule has 0 aromatic heterocycles. The fraction of sp³-hybridized carbons (Fsp3) is 0.730. The lowest BCUT2D eigenvalue weighted by Crippen LogP contribution is -2.68. The molecule has 0 amide bonds. The predicted molar refractivity (Wildman–Crippen MR) is 178 cm³/mol. The molecule has 2 heterocycles. The van der Waals surface area contributed by atoms with Crippen LogP contribution in [0.4, 0.5) is 0 Å². The van der Waals surface area contributed by atoms with E-state index in [9.17, 15) is 0 Å². The number of nitrogens with zero attached hydrogens (tertiary/aromatic N) is 1. The quantitative estimate of drug-likeness (QED) is 0.118. The summed E-state index contributed by atoms with van der Waals surface area (Å²) in [7, 11) is 0. The molecule has 2 saturated carbocycles. The molecule has 2 aromatic carbocycles. The third-order valence-corrected chi connectivity index (χ3v) is 13.5. The molecule has 7 unspecified atom stereocenters. The van der Waals surface area contributed by atoms with Crippen LogP contribution in [0.1, 0.15) is 105 Å². The van der Waals surface area contributed by atoms with E-state index in [-0.39, 0.29) is 6.23 Å². The first-order chi connectivity index (χ1) is 20.3. The number of benzene rings is 2. The van der Waals surface area contributed by atoms with Crippen molar-refractivity contribution in [1.82, 2.24) is 15.1 Å². The average molecular weight is 592 g/mol. The molecule has 2 aliphatic heterocycles. The topological polar surface area (TPSA) is 36.5 Å². The molecule has 4 fully saturated rings. The monoisotopic (exact) mass is 591 g/mol. The highest BCUT2D eigenvalue weighted by atomic mass is 32.2. The number of hydrogen-bond acceptors (Lipinski definition) is 5. The summed E-state index contributed by atoms with van der Waals surface area (Å²) in [5.74, 6) is 4.49. The molecule has 4 aliphatic rings. The van der Waals surface area contributed by atoms with Gasteiger partial charge in [0.1, 0.15) is 6.23 Å². The Hall–Kier alpha value is -1.11. The molecule has 0 radical (unpaired) electrons. The van der Waals surface area contributed by atoms with Crippen LogP contribution in [0.25, 0.3) is 10.8 Å². The molecule has 232 valence electrons. The van der Waals surface area contributed by atoms with Crippen molar-refractivity contribution in [3.05, 3.63) is 42.5 Å². The summed E-state index contributed by atoms with van der Waals surface area (Å²) >= 11 is 1.53. The van der Waals surface area contributed by atoms with E-state index in [1.54, 1.807) is 0 Å². The van der Waals surface area contributed by atoms with Crippen molar-refractivity contribution in [2.75, 3.05) is 13.1 Å². The van der Waals surface area contributed by atoms with E-state index in [0.29, 0.717) is 11.0 Å². The van der Waals surface area contributed by atoms with E-state index in [1.165, 1.54) is 99.9 Å². The zero-order valence-corrected chi connectivity index (χ0v) is 27.9. The Morgan fingerprint density at radius 2 is 1.83 bits per heavy atom. The summed E-state index contributed by atoms with van der Waals surface area (Å²) in [5, 5.41) is 6.11. The molecule has 2 saturated heterocycles. The number of rotatable bonds is 11. The molecule has 4 nitrogen and oxygen atoms in total. The number of nitrogens with one attached hydrogen (secondary N) is 2. The zero-order valence-electron chi connectivity index (χ0n) is 27.0. The third kappa shape index (κ3) is 5.95. The van der Waals surface area contributed by atoms with Crippen LogP contribution in [0, 0.1) is 35.0 Å². The fourth-order valence-electron chi connectivity index (χ4n) is 10.6. The smallest absolute Gasteiger partial charge is 0.127 e. The van der Waals surface area contributed by atoms with Crippen molar-refractivity contribution in [2.24, 2.45) is 35.0 Å². The summed E-state index contributed by atoms with van der Waals surface area (Å²) < 4.78 is 0. The molecule has 9 atom stereocenters. The Balaban J connectivity index is 0.957. The normalized spacial score (nSPS) is 36.3. The van der Waals surface area contributed by atoms with Crippen molar-refractivity contribution >= 4 is 22.7 Å². The third-order valence-electron chi connectivity index (χ3n) is 12.8. The van der Waals surface area contributed by atoms with Gasteiger partial charge in [0.05, 0.1) is 0 Å². The summed E-state index contributed by atoms with van der Waals surface area (Å²) in [6.45, 7) is 14.9. The van der Waals surface area contributed by atoms with Crippen LogP contribution in [0.15, 0.2) is 47.4 Å². The lowest BCUT2D eigenvalue weighted by Gasteiger charge is -2.65. The largest absolute Gasteiger partial charge is 0.294 e. The second-order valence-electron chi connectivity index (χ2n) is 14.9. The standard InChI is InChI=1S/C37H57N3OS/c1-6-28-25-35-34-19-18-32(36(34,4)21-23-40(35)37(5)20-10-9-15-33(28)37)26(2)12-11-22-38-27(3)41-39-42-31-17-16-29-13-7-8-14-30(29)24-31/h7-8,13-14,16-17,24,26-28,32-35,38-39H,6,9-12,15,18-23,25H2,1-5H3/t26-,27?,28+,32?,33?,34?,35?,36?,37?/m1/s1. The van der Waals surface area contributed by atoms with E-state index >= 15 is 0 Å². The zero-order chi connectivity index (χ0) is 29.3. The second-order valence-corrected chi connectivity index (χ2v) is 15.8. The van der Waals surface area contributed by atoms with E-state index in [0.717, 1.165) is 47.1 Å². The Labute approximate surface area is 260 Å². The van der Waals surface area contributed by atoms with Gasteiger partial charge in [0.2, 0.25) is 0 Å². The van der Waals surface area contributed by atoms with Gasteiger partial charge in [-0.1, -0.05) is 70.4 Å². The maximum Gasteiger partial charge on any atom is 0.127 e. The van der Waals surface area contributed by atoms with E-state index < -0.39 is 0 Å². The Morgan fingerprint density at radius 3 is 2.67 bits per heavy atom. The van der Waals surface area contributed by atoms with Crippen LogP contribution in [0.3, 0.4) is 0 Å². The molecule has 0 bridgehead atoms. The first-order valence-electron chi connectivity index (χ1n) is 17.4. The maximum absolute atomic E-state index is 5.86. The van der Waals surface area contributed by atoms with Gasteiger partial charge in [0.25, 0.3) is 0 Å². The molecular formula is C37H57N3OS. The van der Waals surface area contributed by atoms with Crippen molar-refractivity contribution in [2.45, 2.75) is 128 Å². The van der Waals surface area contributed by atoms with Gasteiger partial charge in [0.15, 0.2) is 0 Å². The van der Waals surface area contributed by atoms with Gasteiger partial charge < -0.3 is 0 Å². The van der Waals surface area contributed by atoms with Crippen LogP contribution in [-0.4, -0.2) is 35.8 Å². The molecule has 2 aromatic rings. The van der Waals surface area contributed by atoms with Gasteiger partial charge in [-0.25, -0.2) is 0 Å². The number of hydrogen-bond donors (Lipinski definition) is 2. The van der Waals surface area contributed by atoms with Crippen molar-refractivity contribution in [3.63, 3.8) is 0 Å². The second kappa shape index (κ2) is 13.1. The van der Waals surface area contributed by atoms with Crippen molar-refractivity contribution in [3.8, 4) is 0 Å². The summed E-state index contributed by atoms with van der Waals surface area (Å²) in [6.07, 6.45) is 15.6. The fourth-order valence-corrected chi connectivity index (χ4v) is 11.2. The van der Waals surface area contributed by atoms with E-state index in [4.69, 9.17) is 4.84 Å². The van der Waals surface area contributed by atoms with Crippen LogP contribution in [-0.2, 0) is 4.84 Å². The molecular weight excluding hydrogens is 534 g/mol. The Kier molecular flexibility index (Phi) is 9.63. The minimum absolute atomic E-state index is 0.0197. The van der Waals surface area contributed by atoms with Crippen LogP contribution in [0.2, 0.25) is 0 Å². The van der Waals surface area contributed by atoms with Crippen LogP contribution in [0.5, 0.6) is 0 Å². The maximum atomic E-state index is 5.86. The van der Waals surface area contributed by atoms with Crippen LogP contribution >= 0.6 is 11.9 Å². The van der Waals surface area contributed by atoms with E-state index in [2.05, 4.69) is 92.2 Å².